The quantitative estimate of drug-likeness (QED) is 0.687. The van der Waals surface area contributed by atoms with E-state index in [0.717, 1.165) is 6.42 Å². The predicted octanol–water partition coefficient (Wildman–Crippen LogP) is 2.97. The lowest BCUT2D eigenvalue weighted by Crippen LogP contribution is -2.31. The maximum absolute atomic E-state index is 12.5. The second kappa shape index (κ2) is 4.52. The van der Waals surface area contributed by atoms with Gasteiger partial charge in [-0.05, 0) is 35.7 Å². The first-order valence-corrected chi connectivity index (χ1v) is 7.12. The van der Waals surface area contributed by atoms with E-state index in [-0.39, 0.29) is 5.91 Å². The van der Waals surface area contributed by atoms with Crippen LogP contribution in [0.15, 0.2) is 47.2 Å². The molecule has 4 heteroatoms. The second-order valence-corrected chi connectivity index (χ2v) is 5.53. The first-order valence-electron chi connectivity index (χ1n) is 7.12. The Kier molecular flexibility index (Phi) is 2.64. The topological polar surface area (TPSA) is 38.4 Å². The molecule has 1 aromatic carbocycles. The van der Waals surface area contributed by atoms with Crippen molar-refractivity contribution in [2.45, 2.75) is 13.0 Å². The van der Waals surface area contributed by atoms with Crippen molar-refractivity contribution in [2.75, 3.05) is 6.54 Å². The third-order valence-electron chi connectivity index (χ3n) is 4.21. The van der Waals surface area contributed by atoms with Crippen LogP contribution in [0.25, 0.3) is 10.9 Å². The molecule has 2 aromatic heterocycles. The minimum atomic E-state index is -0.0356. The van der Waals surface area contributed by atoms with Gasteiger partial charge in [-0.25, -0.2) is 0 Å². The molecule has 4 nitrogen and oxygen atoms in total. The Labute approximate surface area is 122 Å². The van der Waals surface area contributed by atoms with Crippen molar-refractivity contribution >= 4 is 16.8 Å². The second-order valence-electron chi connectivity index (χ2n) is 5.53. The van der Waals surface area contributed by atoms with Crippen molar-refractivity contribution in [1.82, 2.24) is 9.47 Å². The van der Waals surface area contributed by atoms with Crippen LogP contribution in [0.4, 0.5) is 0 Å². The number of nitrogens with zero attached hydrogens (tertiary/aromatic N) is 2. The van der Waals surface area contributed by atoms with E-state index >= 15 is 0 Å². The molecular formula is C17H16N2O2. The van der Waals surface area contributed by atoms with E-state index in [1.807, 2.05) is 4.90 Å². The Balaban J connectivity index is 1.76. The number of carbonyl (C=O) groups is 1. The highest BCUT2D eigenvalue weighted by Gasteiger charge is 2.23. The average molecular weight is 280 g/mol. The SMILES string of the molecule is Cn1cc2c3c(cccc31)CN(C(=O)c1ccco1)CC2. The minimum absolute atomic E-state index is 0.0356. The minimum Gasteiger partial charge on any atom is -0.459 e. The zero-order chi connectivity index (χ0) is 14.4. The van der Waals surface area contributed by atoms with E-state index in [1.54, 1.807) is 18.4 Å². The Morgan fingerprint density at radius 2 is 2.10 bits per heavy atom. The summed E-state index contributed by atoms with van der Waals surface area (Å²) in [6.45, 7) is 1.35. The van der Waals surface area contributed by atoms with Crippen molar-refractivity contribution in [3.8, 4) is 0 Å². The van der Waals surface area contributed by atoms with Gasteiger partial charge in [-0.15, -0.1) is 0 Å². The van der Waals surface area contributed by atoms with Crippen LogP contribution in [0.3, 0.4) is 0 Å². The van der Waals surface area contributed by atoms with Crippen molar-refractivity contribution in [2.24, 2.45) is 7.05 Å². The molecular weight excluding hydrogens is 264 g/mol. The Morgan fingerprint density at radius 3 is 2.90 bits per heavy atom. The molecule has 0 N–H and O–H groups in total. The molecule has 1 aliphatic rings. The van der Waals surface area contributed by atoms with Crippen molar-refractivity contribution in [3.05, 3.63) is 59.7 Å². The fourth-order valence-corrected chi connectivity index (χ4v) is 3.21. The highest BCUT2D eigenvalue weighted by Crippen LogP contribution is 2.29. The molecule has 0 spiro atoms. The zero-order valence-electron chi connectivity index (χ0n) is 11.9. The van der Waals surface area contributed by atoms with Gasteiger partial charge >= 0.3 is 0 Å². The van der Waals surface area contributed by atoms with Crippen LogP contribution in [0.1, 0.15) is 21.7 Å². The Bertz CT molecular complexity index is 815. The van der Waals surface area contributed by atoms with Gasteiger partial charge in [0, 0.05) is 37.2 Å². The van der Waals surface area contributed by atoms with Crippen molar-refractivity contribution in [1.29, 1.82) is 0 Å². The van der Waals surface area contributed by atoms with Gasteiger partial charge in [0.15, 0.2) is 5.76 Å². The molecule has 21 heavy (non-hydrogen) atoms. The summed E-state index contributed by atoms with van der Waals surface area (Å²) in [4.78, 5) is 14.4. The summed E-state index contributed by atoms with van der Waals surface area (Å²) in [5, 5.41) is 1.30. The summed E-state index contributed by atoms with van der Waals surface area (Å²) >= 11 is 0. The van der Waals surface area contributed by atoms with Gasteiger partial charge in [0.1, 0.15) is 0 Å². The van der Waals surface area contributed by atoms with Gasteiger partial charge in [0.25, 0.3) is 5.91 Å². The van der Waals surface area contributed by atoms with Gasteiger partial charge in [-0.2, -0.15) is 0 Å². The molecule has 106 valence electrons. The van der Waals surface area contributed by atoms with Crippen molar-refractivity contribution < 1.29 is 9.21 Å². The highest BCUT2D eigenvalue weighted by atomic mass is 16.3. The molecule has 3 aromatic rings. The van der Waals surface area contributed by atoms with E-state index in [0.29, 0.717) is 18.8 Å². The number of rotatable bonds is 1. The summed E-state index contributed by atoms with van der Waals surface area (Å²) in [5.41, 5.74) is 3.76. The van der Waals surface area contributed by atoms with Gasteiger partial charge in [0.05, 0.1) is 6.26 Å². The first-order chi connectivity index (χ1) is 10.2. The molecule has 1 aliphatic heterocycles. The van der Waals surface area contributed by atoms with Crippen LogP contribution in [0.5, 0.6) is 0 Å². The number of aromatic nitrogens is 1. The van der Waals surface area contributed by atoms with Crippen LogP contribution >= 0.6 is 0 Å². The van der Waals surface area contributed by atoms with Crippen molar-refractivity contribution in [3.63, 3.8) is 0 Å². The number of furan rings is 1. The maximum Gasteiger partial charge on any atom is 0.289 e. The summed E-state index contributed by atoms with van der Waals surface area (Å²) in [7, 11) is 2.07. The first kappa shape index (κ1) is 12.3. The summed E-state index contributed by atoms with van der Waals surface area (Å²) in [6.07, 6.45) is 4.59. The van der Waals surface area contributed by atoms with Crippen LogP contribution in [-0.4, -0.2) is 21.9 Å². The lowest BCUT2D eigenvalue weighted by atomic mass is 10.1. The monoisotopic (exact) mass is 280 g/mol. The molecule has 0 radical (unpaired) electrons. The number of carbonyl (C=O) groups excluding carboxylic acids is 1. The van der Waals surface area contributed by atoms with E-state index in [4.69, 9.17) is 4.42 Å². The molecule has 4 rings (SSSR count). The van der Waals surface area contributed by atoms with Gasteiger partial charge in [-0.1, -0.05) is 12.1 Å². The Hall–Kier alpha value is -2.49. The van der Waals surface area contributed by atoms with Crippen LogP contribution < -0.4 is 0 Å². The number of aryl methyl sites for hydroxylation is 1. The van der Waals surface area contributed by atoms with Crippen LogP contribution in [-0.2, 0) is 20.0 Å². The van der Waals surface area contributed by atoms with Crippen LogP contribution in [0, 0.1) is 0 Å². The number of benzene rings is 1. The molecule has 0 aliphatic carbocycles. The van der Waals surface area contributed by atoms with E-state index < -0.39 is 0 Å². The number of amides is 1. The molecule has 1 amide bonds. The summed E-state index contributed by atoms with van der Waals surface area (Å²) < 4.78 is 7.41. The predicted molar refractivity (Wildman–Crippen MR) is 80.1 cm³/mol. The molecule has 0 atom stereocenters. The molecule has 0 fully saturated rings. The average Bonchev–Trinajstić information content (AvgIpc) is 3.08. The fourth-order valence-electron chi connectivity index (χ4n) is 3.21. The number of hydrogen-bond acceptors (Lipinski definition) is 2. The van der Waals surface area contributed by atoms with Gasteiger partial charge < -0.3 is 13.9 Å². The standard InChI is InChI=1S/C17H16N2O2/c1-18-10-13-7-8-19(17(20)15-6-3-9-21-15)11-12-4-2-5-14(18)16(12)13/h2-6,9-10H,7-8,11H2,1H3. The summed E-state index contributed by atoms with van der Waals surface area (Å²) in [5.74, 6) is 0.376. The van der Waals surface area contributed by atoms with Crippen LogP contribution in [0.2, 0.25) is 0 Å². The molecule has 3 heterocycles. The lowest BCUT2D eigenvalue weighted by Gasteiger charge is -2.20. The fraction of sp³-hybridized carbons (Fsp3) is 0.235. The summed E-state index contributed by atoms with van der Waals surface area (Å²) in [6, 6.07) is 9.77. The van der Waals surface area contributed by atoms with Gasteiger partial charge in [0.2, 0.25) is 0 Å². The van der Waals surface area contributed by atoms with E-state index in [1.165, 1.54) is 22.0 Å². The zero-order valence-corrected chi connectivity index (χ0v) is 11.9. The normalized spacial score (nSPS) is 14.4. The third kappa shape index (κ3) is 1.87. The van der Waals surface area contributed by atoms with E-state index in [9.17, 15) is 4.79 Å². The number of hydrogen-bond donors (Lipinski definition) is 0. The maximum atomic E-state index is 12.5. The van der Waals surface area contributed by atoms with E-state index in [2.05, 4.69) is 36.0 Å². The molecule has 0 unspecified atom stereocenters. The Morgan fingerprint density at radius 1 is 1.19 bits per heavy atom. The van der Waals surface area contributed by atoms with Gasteiger partial charge in [-0.3, -0.25) is 4.79 Å². The third-order valence-corrected chi connectivity index (χ3v) is 4.21. The molecule has 0 bridgehead atoms. The highest BCUT2D eigenvalue weighted by molar-refractivity contribution is 5.93. The largest absolute Gasteiger partial charge is 0.459 e. The molecule has 0 saturated carbocycles. The lowest BCUT2D eigenvalue weighted by molar-refractivity contribution is 0.0715. The molecule has 0 saturated heterocycles. The smallest absolute Gasteiger partial charge is 0.289 e.